The molecule has 1 rings (SSSR count). The number of carbonyl (C=O) groups excluding carboxylic acids is 1. The van der Waals surface area contributed by atoms with E-state index in [1.54, 1.807) is 13.2 Å². The zero-order chi connectivity index (χ0) is 15.5. The fraction of sp³-hybridized carbons (Fsp3) is 0.667. The van der Waals surface area contributed by atoms with Gasteiger partial charge in [-0.05, 0) is 25.8 Å². The molecule has 6 heteroatoms. The third-order valence-electron chi connectivity index (χ3n) is 2.96. The van der Waals surface area contributed by atoms with E-state index in [-0.39, 0.29) is 5.91 Å². The van der Waals surface area contributed by atoms with E-state index < -0.39 is 0 Å². The smallest absolute Gasteiger partial charge is 0.270 e. The minimum atomic E-state index is -0.173. The summed E-state index contributed by atoms with van der Waals surface area (Å²) in [5.41, 5.74) is 1.18. The number of amides is 1. The van der Waals surface area contributed by atoms with Gasteiger partial charge in [-0.1, -0.05) is 19.8 Å². The zero-order valence-electron chi connectivity index (χ0n) is 13.2. The second-order valence-electron chi connectivity index (χ2n) is 4.95. The van der Waals surface area contributed by atoms with Gasteiger partial charge in [0, 0.05) is 32.5 Å². The summed E-state index contributed by atoms with van der Waals surface area (Å²) >= 11 is 0. The molecular formula is C15H26N4O2. The normalized spacial score (nSPS) is 10.4. The van der Waals surface area contributed by atoms with Gasteiger partial charge >= 0.3 is 0 Å². The molecule has 0 fully saturated rings. The summed E-state index contributed by atoms with van der Waals surface area (Å²) in [5, 5.41) is 6.00. The van der Waals surface area contributed by atoms with Crippen LogP contribution in [0.3, 0.4) is 0 Å². The van der Waals surface area contributed by atoms with Gasteiger partial charge in [-0.25, -0.2) is 9.97 Å². The number of anilines is 1. The van der Waals surface area contributed by atoms with Crippen molar-refractivity contribution in [2.24, 2.45) is 0 Å². The van der Waals surface area contributed by atoms with Crippen LogP contribution in [0.2, 0.25) is 0 Å². The fourth-order valence-corrected chi connectivity index (χ4v) is 1.85. The number of nitrogens with one attached hydrogen (secondary N) is 2. The molecule has 0 spiro atoms. The first-order chi connectivity index (χ1) is 10.2. The largest absolute Gasteiger partial charge is 0.385 e. The van der Waals surface area contributed by atoms with Gasteiger partial charge in [-0.15, -0.1) is 0 Å². The van der Waals surface area contributed by atoms with Crippen LogP contribution in [0.4, 0.5) is 5.95 Å². The highest BCUT2D eigenvalue weighted by Crippen LogP contribution is 2.06. The molecule has 0 bridgehead atoms. The maximum atomic E-state index is 12.0. The van der Waals surface area contributed by atoms with Gasteiger partial charge in [0.25, 0.3) is 5.91 Å². The Bertz CT molecular complexity index is 438. The van der Waals surface area contributed by atoms with E-state index in [4.69, 9.17) is 4.74 Å². The Morgan fingerprint density at radius 1 is 1.24 bits per heavy atom. The second-order valence-corrected chi connectivity index (χ2v) is 4.95. The van der Waals surface area contributed by atoms with Gasteiger partial charge in [-0.2, -0.15) is 0 Å². The lowest BCUT2D eigenvalue weighted by Crippen LogP contribution is -2.26. The third kappa shape index (κ3) is 7.04. The van der Waals surface area contributed by atoms with Gasteiger partial charge in [-0.3, -0.25) is 4.79 Å². The molecule has 1 aromatic rings. The Labute approximate surface area is 126 Å². The van der Waals surface area contributed by atoms with Gasteiger partial charge in [0.15, 0.2) is 0 Å². The van der Waals surface area contributed by atoms with Gasteiger partial charge in [0.1, 0.15) is 5.69 Å². The molecule has 0 radical (unpaired) electrons. The number of rotatable bonds is 10. The predicted octanol–water partition coefficient (Wildman–Crippen LogP) is 2.15. The maximum Gasteiger partial charge on any atom is 0.270 e. The highest BCUT2D eigenvalue weighted by atomic mass is 16.5. The van der Waals surface area contributed by atoms with E-state index in [1.165, 1.54) is 12.8 Å². The molecule has 1 aromatic heterocycles. The quantitative estimate of drug-likeness (QED) is 0.647. The first kappa shape index (κ1) is 17.4. The Balaban J connectivity index is 2.53. The zero-order valence-corrected chi connectivity index (χ0v) is 13.2. The standard InChI is InChI=1S/C15H26N4O2/c1-4-5-6-8-17-15-18-12(2)11-13(19-15)14(20)16-9-7-10-21-3/h11H,4-10H2,1-3H3,(H,16,20)(H,17,18,19). The summed E-state index contributed by atoms with van der Waals surface area (Å²) < 4.78 is 4.94. The molecule has 1 heterocycles. The van der Waals surface area contributed by atoms with E-state index in [2.05, 4.69) is 27.5 Å². The number of hydrogen-bond donors (Lipinski definition) is 2. The Kier molecular flexibility index (Phi) is 8.35. The van der Waals surface area contributed by atoms with Gasteiger partial charge < -0.3 is 15.4 Å². The average Bonchev–Trinajstić information content (AvgIpc) is 2.47. The van der Waals surface area contributed by atoms with Crippen LogP contribution in [0.1, 0.15) is 48.8 Å². The van der Waals surface area contributed by atoms with Crippen molar-refractivity contribution < 1.29 is 9.53 Å². The van der Waals surface area contributed by atoms with Crippen LogP contribution in [0, 0.1) is 6.92 Å². The lowest BCUT2D eigenvalue weighted by atomic mass is 10.2. The maximum absolute atomic E-state index is 12.0. The highest BCUT2D eigenvalue weighted by molar-refractivity contribution is 5.92. The topological polar surface area (TPSA) is 76.1 Å². The van der Waals surface area contributed by atoms with E-state index in [9.17, 15) is 4.79 Å². The van der Waals surface area contributed by atoms with Crippen molar-refractivity contribution in [3.05, 3.63) is 17.5 Å². The van der Waals surface area contributed by atoms with Crippen molar-refractivity contribution in [1.82, 2.24) is 15.3 Å². The molecule has 2 N–H and O–H groups in total. The third-order valence-corrected chi connectivity index (χ3v) is 2.96. The molecule has 0 atom stereocenters. The molecule has 1 amide bonds. The monoisotopic (exact) mass is 294 g/mol. The number of ether oxygens (including phenoxy) is 1. The van der Waals surface area contributed by atoms with Crippen molar-refractivity contribution in [3.63, 3.8) is 0 Å². The summed E-state index contributed by atoms with van der Waals surface area (Å²) in [5.74, 6) is 0.348. The van der Waals surface area contributed by atoms with E-state index in [0.29, 0.717) is 24.8 Å². The second kappa shape index (κ2) is 10.1. The number of nitrogens with zero attached hydrogens (tertiary/aromatic N) is 2. The molecule has 0 saturated heterocycles. The minimum Gasteiger partial charge on any atom is -0.385 e. The summed E-state index contributed by atoms with van der Waals surface area (Å²) in [6.07, 6.45) is 4.21. The summed E-state index contributed by atoms with van der Waals surface area (Å²) in [6, 6.07) is 1.70. The van der Waals surface area contributed by atoms with Crippen LogP contribution in [0.15, 0.2) is 6.07 Å². The van der Waals surface area contributed by atoms with Crippen LogP contribution in [0.25, 0.3) is 0 Å². The van der Waals surface area contributed by atoms with Crippen LogP contribution in [-0.4, -0.2) is 42.7 Å². The fourth-order valence-electron chi connectivity index (χ4n) is 1.85. The first-order valence-corrected chi connectivity index (χ1v) is 7.54. The lowest BCUT2D eigenvalue weighted by molar-refractivity contribution is 0.0943. The highest BCUT2D eigenvalue weighted by Gasteiger charge is 2.09. The number of unbranched alkanes of at least 4 members (excludes halogenated alkanes) is 2. The Hall–Kier alpha value is -1.69. The van der Waals surface area contributed by atoms with Crippen LogP contribution in [0.5, 0.6) is 0 Å². The SMILES string of the molecule is CCCCCNc1nc(C)cc(C(=O)NCCCOC)n1. The molecule has 0 saturated carbocycles. The van der Waals surface area contributed by atoms with Crippen molar-refractivity contribution in [3.8, 4) is 0 Å². The summed E-state index contributed by atoms with van der Waals surface area (Å²) in [6.45, 7) is 6.06. The van der Waals surface area contributed by atoms with E-state index in [1.807, 2.05) is 6.92 Å². The molecular weight excluding hydrogens is 268 g/mol. The molecule has 0 aliphatic heterocycles. The molecule has 6 nitrogen and oxygen atoms in total. The lowest BCUT2D eigenvalue weighted by Gasteiger charge is -2.08. The molecule has 0 aliphatic carbocycles. The summed E-state index contributed by atoms with van der Waals surface area (Å²) in [4.78, 5) is 20.6. The van der Waals surface area contributed by atoms with Gasteiger partial charge in [0.2, 0.25) is 5.95 Å². The van der Waals surface area contributed by atoms with E-state index >= 15 is 0 Å². The van der Waals surface area contributed by atoms with Crippen molar-refractivity contribution in [2.45, 2.75) is 39.5 Å². The summed E-state index contributed by atoms with van der Waals surface area (Å²) in [7, 11) is 1.64. The molecule has 21 heavy (non-hydrogen) atoms. The average molecular weight is 294 g/mol. The van der Waals surface area contributed by atoms with Crippen molar-refractivity contribution in [1.29, 1.82) is 0 Å². The number of carbonyl (C=O) groups is 1. The Morgan fingerprint density at radius 2 is 2.05 bits per heavy atom. The molecule has 0 aromatic carbocycles. The van der Waals surface area contributed by atoms with Crippen LogP contribution < -0.4 is 10.6 Å². The van der Waals surface area contributed by atoms with E-state index in [0.717, 1.165) is 25.1 Å². The number of hydrogen-bond acceptors (Lipinski definition) is 5. The molecule has 118 valence electrons. The van der Waals surface area contributed by atoms with Crippen molar-refractivity contribution >= 4 is 11.9 Å². The minimum absolute atomic E-state index is 0.173. The number of methoxy groups -OCH3 is 1. The Morgan fingerprint density at radius 3 is 2.76 bits per heavy atom. The molecule has 0 aliphatic rings. The number of aryl methyl sites for hydroxylation is 1. The predicted molar refractivity (Wildman–Crippen MR) is 83.6 cm³/mol. The van der Waals surface area contributed by atoms with Crippen LogP contribution >= 0.6 is 0 Å². The molecule has 0 unspecified atom stereocenters. The van der Waals surface area contributed by atoms with Crippen LogP contribution in [-0.2, 0) is 4.74 Å². The number of aromatic nitrogens is 2. The van der Waals surface area contributed by atoms with Crippen molar-refractivity contribution in [2.75, 3.05) is 32.1 Å². The van der Waals surface area contributed by atoms with Gasteiger partial charge in [0.05, 0.1) is 0 Å². The first-order valence-electron chi connectivity index (χ1n) is 7.54.